The summed E-state index contributed by atoms with van der Waals surface area (Å²) < 4.78 is 0. The maximum atomic E-state index is 10.1. The van der Waals surface area contributed by atoms with Gasteiger partial charge in [0.2, 0.25) is 0 Å². The van der Waals surface area contributed by atoms with Gasteiger partial charge in [-0.2, -0.15) is 0 Å². The molecule has 20 heavy (non-hydrogen) atoms. The molecular formula is C14H16Cl2N2OS. The van der Waals surface area contributed by atoms with E-state index in [9.17, 15) is 5.11 Å². The molecule has 108 valence electrons. The van der Waals surface area contributed by atoms with Gasteiger partial charge < -0.3 is 10.4 Å². The van der Waals surface area contributed by atoms with E-state index in [1.165, 1.54) is 4.88 Å². The molecule has 6 heteroatoms. The molecule has 3 nitrogen and oxygen atoms in total. The lowest BCUT2D eigenvalue weighted by molar-refractivity contribution is 0.174. The maximum Gasteiger partial charge on any atom is 0.0928 e. The molecule has 2 rings (SSSR count). The quantitative estimate of drug-likeness (QED) is 0.874. The zero-order valence-corrected chi connectivity index (χ0v) is 13.6. The number of nitrogens with zero attached hydrogens (tertiary/aromatic N) is 1. The van der Waals surface area contributed by atoms with E-state index in [1.807, 2.05) is 13.8 Å². The number of aliphatic hydroxyl groups is 1. The average molecular weight is 331 g/mol. The van der Waals surface area contributed by atoms with Crippen LogP contribution in [0.4, 0.5) is 0 Å². The third-order valence-electron chi connectivity index (χ3n) is 2.94. The molecule has 0 bridgehead atoms. The third-order valence-corrected chi connectivity index (χ3v) is 4.58. The summed E-state index contributed by atoms with van der Waals surface area (Å²) in [6, 6.07) is 5.11. The topological polar surface area (TPSA) is 45.2 Å². The van der Waals surface area contributed by atoms with Crippen LogP contribution in [-0.2, 0) is 6.54 Å². The van der Waals surface area contributed by atoms with Crippen molar-refractivity contribution in [2.75, 3.05) is 6.54 Å². The van der Waals surface area contributed by atoms with E-state index in [-0.39, 0.29) is 0 Å². The molecule has 1 aromatic carbocycles. The number of hydrogen-bond acceptors (Lipinski definition) is 4. The van der Waals surface area contributed by atoms with E-state index in [0.29, 0.717) is 28.7 Å². The van der Waals surface area contributed by atoms with Crippen LogP contribution in [0.2, 0.25) is 10.0 Å². The lowest BCUT2D eigenvalue weighted by Crippen LogP contribution is -2.21. The Kier molecular flexibility index (Phi) is 5.41. The van der Waals surface area contributed by atoms with Crippen molar-refractivity contribution >= 4 is 34.5 Å². The van der Waals surface area contributed by atoms with Crippen molar-refractivity contribution in [3.05, 3.63) is 49.4 Å². The number of aryl methyl sites for hydroxylation is 2. The van der Waals surface area contributed by atoms with Gasteiger partial charge in [-0.3, -0.25) is 0 Å². The van der Waals surface area contributed by atoms with E-state index < -0.39 is 6.10 Å². The molecule has 1 heterocycles. The van der Waals surface area contributed by atoms with E-state index in [2.05, 4.69) is 10.3 Å². The van der Waals surface area contributed by atoms with Crippen molar-refractivity contribution in [2.24, 2.45) is 0 Å². The van der Waals surface area contributed by atoms with Crippen molar-refractivity contribution in [3.63, 3.8) is 0 Å². The predicted molar refractivity (Wildman–Crippen MR) is 84.7 cm³/mol. The first-order chi connectivity index (χ1) is 9.47. The van der Waals surface area contributed by atoms with Crippen LogP contribution < -0.4 is 5.32 Å². The summed E-state index contributed by atoms with van der Waals surface area (Å²) in [7, 11) is 0. The molecule has 1 atom stereocenters. The van der Waals surface area contributed by atoms with E-state index in [0.717, 1.165) is 10.7 Å². The predicted octanol–water partition coefficient (Wildman–Crippen LogP) is 3.89. The molecule has 1 aromatic heterocycles. The molecule has 0 aliphatic carbocycles. The highest BCUT2D eigenvalue weighted by atomic mass is 35.5. The fourth-order valence-electron chi connectivity index (χ4n) is 1.94. The molecule has 0 amide bonds. The summed E-state index contributed by atoms with van der Waals surface area (Å²) >= 11 is 13.6. The highest BCUT2D eigenvalue weighted by molar-refractivity contribution is 7.11. The van der Waals surface area contributed by atoms with E-state index >= 15 is 0 Å². The van der Waals surface area contributed by atoms with Gasteiger partial charge in [0.25, 0.3) is 0 Å². The van der Waals surface area contributed by atoms with Gasteiger partial charge >= 0.3 is 0 Å². The van der Waals surface area contributed by atoms with Crippen LogP contribution in [0.25, 0.3) is 0 Å². The Bertz CT molecular complexity index is 601. The molecule has 0 saturated carbocycles. The monoisotopic (exact) mass is 330 g/mol. The zero-order valence-electron chi connectivity index (χ0n) is 11.3. The van der Waals surface area contributed by atoms with Crippen LogP contribution in [-0.4, -0.2) is 16.6 Å². The van der Waals surface area contributed by atoms with Crippen LogP contribution in [0.3, 0.4) is 0 Å². The van der Waals surface area contributed by atoms with Gasteiger partial charge in [0.15, 0.2) is 0 Å². The summed E-state index contributed by atoms with van der Waals surface area (Å²) in [6.45, 7) is 5.11. The van der Waals surface area contributed by atoms with Crippen LogP contribution in [0.5, 0.6) is 0 Å². The molecule has 0 aliphatic heterocycles. The van der Waals surface area contributed by atoms with Crippen molar-refractivity contribution in [3.8, 4) is 0 Å². The second kappa shape index (κ2) is 6.87. The molecular weight excluding hydrogens is 315 g/mol. The second-order valence-corrected chi connectivity index (χ2v) is 6.69. The Morgan fingerprint density at radius 2 is 2.10 bits per heavy atom. The highest BCUT2D eigenvalue weighted by Gasteiger charge is 2.12. The van der Waals surface area contributed by atoms with Crippen molar-refractivity contribution in [2.45, 2.75) is 26.5 Å². The second-order valence-electron chi connectivity index (χ2n) is 4.55. The third kappa shape index (κ3) is 3.93. The lowest BCUT2D eigenvalue weighted by Gasteiger charge is -2.13. The fourth-order valence-corrected chi connectivity index (χ4v) is 3.38. The van der Waals surface area contributed by atoms with Gasteiger partial charge in [-0.1, -0.05) is 29.3 Å². The summed E-state index contributed by atoms with van der Waals surface area (Å²) in [5.74, 6) is 0. The van der Waals surface area contributed by atoms with Crippen LogP contribution in [0.15, 0.2) is 18.2 Å². The summed E-state index contributed by atoms with van der Waals surface area (Å²) in [4.78, 5) is 5.56. The Balaban J connectivity index is 1.92. The van der Waals surface area contributed by atoms with Crippen molar-refractivity contribution in [1.82, 2.24) is 10.3 Å². The Hall–Kier alpha value is -0.650. The molecule has 0 aliphatic rings. The maximum absolute atomic E-state index is 10.1. The van der Waals surface area contributed by atoms with Crippen LogP contribution >= 0.6 is 34.5 Å². The van der Waals surface area contributed by atoms with E-state index in [4.69, 9.17) is 23.2 Å². The largest absolute Gasteiger partial charge is 0.387 e. The summed E-state index contributed by atoms with van der Waals surface area (Å²) in [5, 5.41) is 15.5. The lowest BCUT2D eigenvalue weighted by atomic mass is 10.1. The van der Waals surface area contributed by atoms with Gasteiger partial charge in [-0.25, -0.2) is 4.98 Å². The number of hydrogen-bond donors (Lipinski definition) is 2. The minimum absolute atomic E-state index is 0.428. The molecule has 0 fully saturated rings. The fraction of sp³-hybridized carbons (Fsp3) is 0.357. The number of aliphatic hydroxyl groups excluding tert-OH is 1. The normalized spacial score (nSPS) is 12.7. The Morgan fingerprint density at radius 3 is 2.70 bits per heavy atom. The standard InChI is InChI=1S/C14H16Cl2N2OS/c1-8-14(20-9(2)18-8)7-17-6-13(19)11-4-3-10(15)5-12(11)16/h3-5,13,17,19H,6-7H2,1-2H3. The molecule has 0 spiro atoms. The number of thiazole rings is 1. The van der Waals surface area contributed by atoms with Gasteiger partial charge in [-0.15, -0.1) is 11.3 Å². The molecule has 2 N–H and O–H groups in total. The molecule has 1 unspecified atom stereocenters. The summed E-state index contributed by atoms with van der Waals surface area (Å²) in [6.07, 6.45) is -0.658. The number of nitrogens with one attached hydrogen (secondary N) is 1. The first-order valence-corrected chi connectivity index (χ1v) is 7.81. The minimum atomic E-state index is -0.658. The van der Waals surface area contributed by atoms with Gasteiger partial charge in [-0.05, 0) is 26.0 Å². The van der Waals surface area contributed by atoms with Crippen molar-refractivity contribution < 1.29 is 5.11 Å². The number of benzene rings is 1. The smallest absolute Gasteiger partial charge is 0.0928 e. The van der Waals surface area contributed by atoms with Gasteiger partial charge in [0.1, 0.15) is 0 Å². The molecule has 0 saturated heterocycles. The van der Waals surface area contributed by atoms with Crippen molar-refractivity contribution in [1.29, 1.82) is 0 Å². The molecule has 2 aromatic rings. The minimum Gasteiger partial charge on any atom is -0.387 e. The Labute approximate surface area is 132 Å². The van der Waals surface area contributed by atoms with Crippen LogP contribution in [0, 0.1) is 13.8 Å². The number of rotatable bonds is 5. The van der Waals surface area contributed by atoms with Gasteiger partial charge in [0.05, 0.1) is 16.8 Å². The number of aromatic nitrogens is 1. The van der Waals surface area contributed by atoms with E-state index in [1.54, 1.807) is 29.5 Å². The summed E-state index contributed by atoms with van der Waals surface area (Å²) in [5.41, 5.74) is 1.72. The zero-order chi connectivity index (χ0) is 14.7. The SMILES string of the molecule is Cc1nc(C)c(CNCC(O)c2ccc(Cl)cc2Cl)s1. The average Bonchev–Trinajstić information content (AvgIpc) is 2.67. The van der Waals surface area contributed by atoms with Gasteiger partial charge in [0, 0.05) is 33.6 Å². The van der Waals surface area contributed by atoms with Crippen LogP contribution in [0.1, 0.15) is 27.2 Å². The Morgan fingerprint density at radius 1 is 1.35 bits per heavy atom. The number of halogens is 2. The first-order valence-electron chi connectivity index (χ1n) is 6.24. The first kappa shape index (κ1) is 15.7. The highest BCUT2D eigenvalue weighted by Crippen LogP contribution is 2.26. The molecule has 0 radical (unpaired) electrons.